The lowest BCUT2D eigenvalue weighted by Crippen LogP contribution is -2.43. The predicted octanol–water partition coefficient (Wildman–Crippen LogP) is 2.77. The van der Waals surface area contributed by atoms with Crippen molar-refractivity contribution in [3.63, 3.8) is 0 Å². The molecule has 1 fully saturated rings. The summed E-state index contributed by atoms with van der Waals surface area (Å²) in [7, 11) is 0. The minimum atomic E-state index is 0.167. The molecule has 0 bridgehead atoms. The van der Waals surface area contributed by atoms with E-state index >= 15 is 0 Å². The first-order valence-corrected chi connectivity index (χ1v) is 7.59. The van der Waals surface area contributed by atoms with Crippen LogP contribution in [0.15, 0.2) is 22.7 Å². The maximum absolute atomic E-state index is 12.1. The second kappa shape index (κ2) is 6.70. The number of rotatable bonds is 4. The van der Waals surface area contributed by atoms with Gasteiger partial charge in [0.05, 0.1) is 5.71 Å². The van der Waals surface area contributed by atoms with Crippen LogP contribution in [0.3, 0.4) is 0 Å². The molecule has 2 rings (SSSR count). The first-order valence-electron chi connectivity index (χ1n) is 6.71. The molecule has 4 nitrogen and oxygen atoms in total. The molecule has 1 atom stereocenters. The molecular weight excluding hydrogens is 260 g/mol. The zero-order chi connectivity index (χ0) is 13.7. The minimum Gasteiger partial charge on any atom is -0.411 e. The van der Waals surface area contributed by atoms with Gasteiger partial charge in [0.25, 0.3) is 0 Å². The Morgan fingerprint density at radius 1 is 1.63 bits per heavy atom. The van der Waals surface area contributed by atoms with Crippen LogP contribution in [-0.4, -0.2) is 34.8 Å². The third-order valence-electron chi connectivity index (χ3n) is 3.58. The number of piperidine rings is 1. The van der Waals surface area contributed by atoms with Crippen LogP contribution in [-0.2, 0) is 11.2 Å². The van der Waals surface area contributed by atoms with Crippen LogP contribution in [0.25, 0.3) is 0 Å². The van der Waals surface area contributed by atoms with Gasteiger partial charge in [-0.15, -0.1) is 11.3 Å². The van der Waals surface area contributed by atoms with E-state index in [4.69, 9.17) is 5.21 Å². The Hall–Kier alpha value is -1.36. The van der Waals surface area contributed by atoms with Crippen LogP contribution in [0.1, 0.15) is 31.1 Å². The van der Waals surface area contributed by atoms with Gasteiger partial charge in [0.2, 0.25) is 5.91 Å². The van der Waals surface area contributed by atoms with Crippen LogP contribution in [0, 0.1) is 5.92 Å². The fourth-order valence-electron chi connectivity index (χ4n) is 2.43. The Kier molecular flexibility index (Phi) is 4.96. The molecule has 1 aromatic heterocycles. The van der Waals surface area contributed by atoms with Crippen LogP contribution < -0.4 is 0 Å². The largest absolute Gasteiger partial charge is 0.411 e. The van der Waals surface area contributed by atoms with Gasteiger partial charge in [0, 0.05) is 36.7 Å². The number of hydrogen-bond donors (Lipinski definition) is 1. The normalized spacial score (nSPS) is 21.8. The van der Waals surface area contributed by atoms with Crippen molar-refractivity contribution < 1.29 is 10.0 Å². The van der Waals surface area contributed by atoms with E-state index in [1.54, 1.807) is 11.3 Å². The Bertz CT molecular complexity index is 442. The van der Waals surface area contributed by atoms with E-state index in [0.29, 0.717) is 25.9 Å². The highest BCUT2D eigenvalue weighted by Crippen LogP contribution is 2.16. The number of nitrogens with zero attached hydrogens (tertiary/aromatic N) is 2. The van der Waals surface area contributed by atoms with E-state index < -0.39 is 0 Å². The van der Waals surface area contributed by atoms with E-state index in [1.807, 2.05) is 17.9 Å². The fraction of sp³-hybridized carbons (Fsp3) is 0.571. The molecule has 104 valence electrons. The molecule has 1 aliphatic heterocycles. The van der Waals surface area contributed by atoms with E-state index in [2.05, 4.69) is 16.6 Å². The maximum Gasteiger partial charge on any atom is 0.222 e. The van der Waals surface area contributed by atoms with Crippen LogP contribution in [0.4, 0.5) is 0 Å². The number of thiophene rings is 1. The van der Waals surface area contributed by atoms with Gasteiger partial charge in [0.1, 0.15) is 0 Å². The minimum absolute atomic E-state index is 0.167. The first kappa shape index (κ1) is 14.1. The van der Waals surface area contributed by atoms with E-state index in [-0.39, 0.29) is 11.8 Å². The summed E-state index contributed by atoms with van der Waals surface area (Å²) in [6.07, 6.45) is 3.19. The highest BCUT2D eigenvalue weighted by molar-refractivity contribution is 7.09. The lowest BCUT2D eigenvalue weighted by molar-refractivity contribution is -0.131. The van der Waals surface area contributed by atoms with Gasteiger partial charge in [-0.2, -0.15) is 0 Å². The molecule has 0 aromatic carbocycles. The zero-order valence-corrected chi connectivity index (χ0v) is 12.0. The fourth-order valence-corrected chi connectivity index (χ4v) is 3.18. The van der Waals surface area contributed by atoms with Crippen LogP contribution in [0.5, 0.6) is 0 Å². The SMILES string of the molecule is CC1CN(C(=O)CCCc2cccs2)CC/C1=N\O. The maximum atomic E-state index is 12.1. The molecular formula is C14H20N2O2S. The van der Waals surface area contributed by atoms with Gasteiger partial charge in [-0.1, -0.05) is 18.1 Å². The number of hydrogen-bond acceptors (Lipinski definition) is 4. The molecule has 1 N–H and O–H groups in total. The van der Waals surface area contributed by atoms with Gasteiger partial charge >= 0.3 is 0 Å². The Morgan fingerprint density at radius 3 is 3.11 bits per heavy atom. The molecule has 0 spiro atoms. The second-order valence-electron chi connectivity index (χ2n) is 5.02. The van der Waals surface area contributed by atoms with Crippen molar-refractivity contribution in [3.8, 4) is 0 Å². The molecule has 5 heteroatoms. The van der Waals surface area contributed by atoms with Crippen molar-refractivity contribution in [1.82, 2.24) is 4.90 Å². The summed E-state index contributed by atoms with van der Waals surface area (Å²) in [5, 5.41) is 14.2. The third-order valence-corrected chi connectivity index (χ3v) is 4.51. The quantitative estimate of drug-likeness (QED) is 0.681. The summed E-state index contributed by atoms with van der Waals surface area (Å²) >= 11 is 1.75. The van der Waals surface area contributed by atoms with Gasteiger partial charge in [-0.3, -0.25) is 4.79 Å². The van der Waals surface area contributed by atoms with E-state index in [9.17, 15) is 4.79 Å². The molecule has 1 unspecified atom stereocenters. The Morgan fingerprint density at radius 2 is 2.47 bits per heavy atom. The van der Waals surface area contributed by atoms with Crippen molar-refractivity contribution in [2.45, 2.75) is 32.6 Å². The number of aryl methyl sites for hydroxylation is 1. The van der Waals surface area contributed by atoms with Gasteiger partial charge in [0.15, 0.2) is 0 Å². The van der Waals surface area contributed by atoms with E-state index in [0.717, 1.165) is 18.6 Å². The topological polar surface area (TPSA) is 52.9 Å². The molecule has 19 heavy (non-hydrogen) atoms. The average molecular weight is 280 g/mol. The Balaban J connectivity index is 1.75. The lowest BCUT2D eigenvalue weighted by Gasteiger charge is -2.31. The molecule has 1 aliphatic rings. The van der Waals surface area contributed by atoms with Gasteiger partial charge in [-0.05, 0) is 24.3 Å². The number of carbonyl (C=O) groups is 1. The summed E-state index contributed by atoms with van der Waals surface area (Å²) in [4.78, 5) is 15.3. The summed E-state index contributed by atoms with van der Waals surface area (Å²) in [5.41, 5.74) is 0.808. The average Bonchev–Trinajstić information content (AvgIpc) is 2.91. The van der Waals surface area contributed by atoms with Gasteiger partial charge < -0.3 is 10.1 Å². The van der Waals surface area contributed by atoms with Crippen LogP contribution >= 0.6 is 11.3 Å². The Labute approximate surface area is 117 Å². The number of likely N-dealkylation sites (tertiary alicyclic amines) is 1. The highest BCUT2D eigenvalue weighted by Gasteiger charge is 2.25. The standard InChI is InChI=1S/C14H20N2O2S/c1-11-10-16(8-7-13(11)15-18)14(17)6-2-4-12-5-3-9-19-12/h3,5,9,11,18H,2,4,6-8,10H2,1H3/b15-13+. The molecule has 1 saturated heterocycles. The zero-order valence-electron chi connectivity index (χ0n) is 11.2. The molecule has 0 radical (unpaired) electrons. The molecule has 1 amide bonds. The molecule has 2 heterocycles. The van der Waals surface area contributed by atoms with Crippen LogP contribution in [0.2, 0.25) is 0 Å². The lowest BCUT2D eigenvalue weighted by atomic mass is 9.97. The number of oxime groups is 1. The molecule has 0 saturated carbocycles. The van der Waals surface area contributed by atoms with Crippen molar-refractivity contribution in [2.24, 2.45) is 11.1 Å². The number of amides is 1. The highest BCUT2D eigenvalue weighted by atomic mass is 32.1. The summed E-state index contributed by atoms with van der Waals surface area (Å²) in [5.74, 6) is 0.389. The summed E-state index contributed by atoms with van der Waals surface area (Å²) in [6, 6.07) is 4.16. The van der Waals surface area contributed by atoms with Crippen molar-refractivity contribution in [2.75, 3.05) is 13.1 Å². The molecule has 0 aliphatic carbocycles. The van der Waals surface area contributed by atoms with Crippen molar-refractivity contribution >= 4 is 23.0 Å². The third kappa shape index (κ3) is 3.80. The van der Waals surface area contributed by atoms with Gasteiger partial charge in [-0.25, -0.2) is 0 Å². The second-order valence-corrected chi connectivity index (χ2v) is 6.05. The van der Waals surface area contributed by atoms with Crippen molar-refractivity contribution in [3.05, 3.63) is 22.4 Å². The summed E-state index contributed by atoms with van der Waals surface area (Å²) < 4.78 is 0. The van der Waals surface area contributed by atoms with E-state index in [1.165, 1.54) is 4.88 Å². The summed E-state index contributed by atoms with van der Waals surface area (Å²) in [6.45, 7) is 3.36. The predicted molar refractivity (Wildman–Crippen MR) is 76.8 cm³/mol. The smallest absolute Gasteiger partial charge is 0.222 e. The monoisotopic (exact) mass is 280 g/mol. The molecule has 1 aromatic rings. The van der Waals surface area contributed by atoms with Crippen molar-refractivity contribution in [1.29, 1.82) is 0 Å². The number of carbonyl (C=O) groups excluding carboxylic acids is 1. The first-order chi connectivity index (χ1) is 9.20.